The maximum Gasteiger partial charge on any atom is 0.160 e. The minimum Gasteiger partial charge on any atom is -0.310 e. The SMILES string of the molecule is CCC(CC)CNCc1nnc2ccccn12.Cl.Cl. The van der Waals surface area contributed by atoms with E-state index in [2.05, 4.69) is 29.4 Å². The van der Waals surface area contributed by atoms with Gasteiger partial charge in [-0.3, -0.25) is 4.40 Å². The fourth-order valence-corrected chi connectivity index (χ4v) is 1.98. The summed E-state index contributed by atoms with van der Waals surface area (Å²) >= 11 is 0. The Morgan fingerprint density at radius 2 is 1.89 bits per heavy atom. The zero-order valence-electron chi connectivity index (χ0n) is 11.4. The van der Waals surface area contributed by atoms with Crippen molar-refractivity contribution in [2.75, 3.05) is 6.54 Å². The third kappa shape index (κ3) is 4.64. The van der Waals surface area contributed by atoms with Gasteiger partial charge in [-0.05, 0) is 24.6 Å². The van der Waals surface area contributed by atoms with Crippen LogP contribution in [0.25, 0.3) is 5.65 Å². The van der Waals surface area contributed by atoms with Gasteiger partial charge in [0.15, 0.2) is 11.5 Å². The molecule has 0 aliphatic carbocycles. The van der Waals surface area contributed by atoms with E-state index in [1.807, 2.05) is 28.8 Å². The average Bonchev–Trinajstić information content (AvgIpc) is 2.78. The number of nitrogens with zero attached hydrogens (tertiary/aromatic N) is 3. The van der Waals surface area contributed by atoms with Gasteiger partial charge in [-0.25, -0.2) is 0 Å². The maximum absolute atomic E-state index is 4.19. The lowest BCUT2D eigenvalue weighted by molar-refractivity contribution is 0.445. The molecule has 1 N–H and O–H groups in total. The second kappa shape index (κ2) is 9.13. The first kappa shape index (κ1) is 18.2. The normalized spacial score (nSPS) is 10.3. The van der Waals surface area contributed by atoms with Gasteiger partial charge in [-0.1, -0.05) is 32.8 Å². The maximum atomic E-state index is 4.19. The van der Waals surface area contributed by atoms with Crippen molar-refractivity contribution < 1.29 is 0 Å². The summed E-state index contributed by atoms with van der Waals surface area (Å²) in [7, 11) is 0. The third-order valence-corrected chi connectivity index (χ3v) is 3.26. The molecule has 6 heteroatoms. The van der Waals surface area contributed by atoms with Crippen molar-refractivity contribution in [2.45, 2.75) is 33.2 Å². The van der Waals surface area contributed by atoms with E-state index in [0.717, 1.165) is 30.5 Å². The zero-order valence-corrected chi connectivity index (χ0v) is 13.0. The van der Waals surface area contributed by atoms with Crippen LogP contribution in [0.4, 0.5) is 0 Å². The second-order valence-electron chi connectivity index (χ2n) is 4.36. The van der Waals surface area contributed by atoms with Crippen LogP contribution in [-0.2, 0) is 6.54 Å². The minimum atomic E-state index is 0. The Bertz CT molecular complexity index is 468. The summed E-state index contributed by atoms with van der Waals surface area (Å²) in [5, 5.41) is 11.8. The van der Waals surface area contributed by atoms with Crippen molar-refractivity contribution >= 4 is 30.5 Å². The Kier molecular flexibility index (Phi) is 8.72. The lowest BCUT2D eigenvalue weighted by atomic mass is 10.0. The Balaban J connectivity index is 0.00000162. The Hall–Kier alpha value is -0.840. The summed E-state index contributed by atoms with van der Waals surface area (Å²) in [4.78, 5) is 0. The van der Waals surface area contributed by atoms with Gasteiger partial charge in [0.05, 0.1) is 6.54 Å². The smallest absolute Gasteiger partial charge is 0.160 e. The number of hydrogen-bond acceptors (Lipinski definition) is 3. The lowest BCUT2D eigenvalue weighted by Crippen LogP contribution is -2.22. The van der Waals surface area contributed by atoms with E-state index in [1.54, 1.807) is 0 Å². The molecular formula is C13H22Cl2N4. The van der Waals surface area contributed by atoms with E-state index in [9.17, 15) is 0 Å². The van der Waals surface area contributed by atoms with Crippen molar-refractivity contribution in [1.82, 2.24) is 19.9 Å². The van der Waals surface area contributed by atoms with Crippen LogP contribution in [0.3, 0.4) is 0 Å². The number of halogens is 2. The first-order chi connectivity index (χ1) is 8.35. The van der Waals surface area contributed by atoms with Crippen LogP contribution in [-0.4, -0.2) is 21.1 Å². The van der Waals surface area contributed by atoms with Crippen molar-refractivity contribution in [1.29, 1.82) is 0 Å². The summed E-state index contributed by atoms with van der Waals surface area (Å²) < 4.78 is 2.03. The second-order valence-corrected chi connectivity index (χ2v) is 4.36. The Labute approximate surface area is 126 Å². The van der Waals surface area contributed by atoms with Crippen molar-refractivity contribution in [3.8, 4) is 0 Å². The van der Waals surface area contributed by atoms with Gasteiger partial charge in [0, 0.05) is 6.20 Å². The number of aromatic nitrogens is 3. The lowest BCUT2D eigenvalue weighted by Gasteiger charge is -2.12. The van der Waals surface area contributed by atoms with E-state index in [0.29, 0.717) is 0 Å². The molecule has 0 radical (unpaired) electrons. The van der Waals surface area contributed by atoms with Gasteiger partial charge in [-0.15, -0.1) is 35.0 Å². The molecule has 0 aliphatic rings. The van der Waals surface area contributed by atoms with Crippen molar-refractivity contribution in [3.63, 3.8) is 0 Å². The Morgan fingerprint density at radius 3 is 2.58 bits per heavy atom. The molecule has 108 valence electrons. The molecule has 2 aromatic rings. The predicted molar refractivity (Wildman–Crippen MR) is 83.3 cm³/mol. The van der Waals surface area contributed by atoms with Crippen LogP contribution in [0.1, 0.15) is 32.5 Å². The largest absolute Gasteiger partial charge is 0.310 e. The first-order valence-corrected chi connectivity index (χ1v) is 6.34. The highest BCUT2D eigenvalue weighted by Crippen LogP contribution is 2.06. The van der Waals surface area contributed by atoms with Crippen LogP contribution in [0.2, 0.25) is 0 Å². The third-order valence-electron chi connectivity index (χ3n) is 3.26. The highest BCUT2D eigenvalue weighted by molar-refractivity contribution is 5.85. The monoisotopic (exact) mass is 304 g/mol. The van der Waals surface area contributed by atoms with E-state index in [1.165, 1.54) is 12.8 Å². The molecule has 0 aromatic carbocycles. The van der Waals surface area contributed by atoms with Crippen molar-refractivity contribution in [3.05, 3.63) is 30.2 Å². The molecule has 0 aliphatic heterocycles. The number of fused-ring (bicyclic) bond motifs is 1. The van der Waals surface area contributed by atoms with E-state index in [4.69, 9.17) is 0 Å². The number of pyridine rings is 1. The molecule has 0 spiro atoms. The van der Waals surface area contributed by atoms with Gasteiger partial charge in [0.2, 0.25) is 0 Å². The standard InChI is InChI=1S/C13H20N4.2ClH/c1-3-11(4-2)9-14-10-13-16-15-12-7-5-6-8-17(12)13;;/h5-8,11,14H,3-4,9-10H2,1-2H3;2*1H. The average molecular weight is 305 g/mol. The summed E-state index contributed by atoms with van der Waals surface area (Å²) in [6.07, 6.45) is 4.46. The number of hydrogen-bond donors (Lipinski definition) is 1. The molecule has 4 nitrogen and oxygen atoms in total. The van der Waals surface area contributed by atoms with E-state index >= 15 is 0 Å². The van der Waals surface area contributed by atoms with Gasteiger partial charge in [0.25, 0.3) is 0 Å². The number of nitrogens with one attached hydrogen (secondary N) is 1. The Morgan fingerprint density at radius 1 is 1.16 bits per heavy atom. The molecule has 0 fully saturated rings. The number of rotatable bonds is 6. The van der Waals surface area contributed by atoms with Crippen LogP contribution in [0, 0.1) is 5.92 Å². The van der Waals surface area contributed by atoms with Gasteiger partial charge >= 0.3 is 0 Å². The molecule has 0 amide bonds. The molecule has 19 heavy (non-hydrogen) atoms. The summed E-state index contributed by atoms with van der Waals surface area (Å²) in [6, 6.07) is 5.95. The highest BCUT2D eigenvalue weighted by Gasteiger charge is 2.06. The topological polar surface area (TPSA) is 42.2 Å². The van der Waals surface area contributed by atoms with Crippen LogP contribution in [0.5, 0.6) is 0 Å². The van der Waals surface area contributed by atoms with Crippen LogP contribution >= 0.6 is 24.8 Å². The molecule has 0 saturated carbocycles. The summed E-state index contributed by atoms with van der Waals surface area (Å²) in [5.74, 6) is 1.74. The predicted octanol–water partition coefficient (Wildman–Crippen LogP) is 3.10. The van der Waals surface area contributed by atoms with Gasteiger partial charge in [0.1, 0.15) is 0 Å². The quantitative estimate of drug-likeness (QED) is 0.891. The molecule has 2 rings (SSSR count). The van der Waals surface area contributed by atoms with Crippen molar-refractivity contribution in [2.24, 2.45) is 5.92 Å². The van der Waals surface area contributed by atoms with Crippen LogP contribution in [0.15, 0.2) is 24.4 Å². The summed E-state index contributed by atoms with van der Waals surface area (Å²) in [6.45, 7) is 6.31. The summed E-state index contributed by atoms with van der Waals surface area (Å²) in [5.41, 5.74) is 0.909. The fraction of sp³-hybridized carbons (Fsp3) is 0.538. The first-order valence-electron chi connectivity index (χ1n) is 6.34. The molecule has 0 bridgehead atoms. The molecule has 0 atom stereocenters. The molecule has 0 unspecified atom stereocenters. The van der Waals surface area contributed by atoms with E-state index in [-0.39, 0.29) is 24.8 Å². The fourth-order valence-electron chi connectivity index (χ4n) is 1.98. The molecule has 2 aromatic heterocycles. The van der Waals surface area contributed by atoms with E-state index < -0.39 is 0 Å². The minimum absolute atomic E-state index is 0. The highest BCUT2D eigenvalue weighted by atomic mass is 35.5. The van der Waals surface area contributed by atoms with Crippen LogP contribution < -0.4 is 5.32 Å². The molecule has 0 saturated heterocycles. The molecular weight excluding hydrogens is 283 g/mol. The van der Waals surface area contributed by atoms with Gasteiger partial charge in [-0.2, -0.15) is 0 Å². The van der Waals surface area contributed by atoms with Gasteiger partial charge < -0.3 is 5.32 Å². The zero-order chi connectivity index (χ0) is 12.1. The molecule has 2 heterocycles.